The van der Waals surface area contributed by atoms with Crippen LogP contribution in [0.4, 0.5) is 15.8 Å². The van der Waals surface area contributed by atoms with E-state index < -0.39 is 40.7 Å². The first-order valence-electron chi connectivity index (χ1n) is 9.08. The predicted molar refractivity (Wildman–Crippen MR) is 110 cm³/mol. The van der Waals surface area contributed by atoms with E-state index in [1.54, 1.807) is 0 Å². The average molecular weight is 439 g/mol. The minimum atomic E-state index is -0.893. The second-order valence-corrected chi connectivity index (χ2v) is 7.72. The van der Waals surface area contributed by atoms with E-state index >= 15 is 0 Å². The molecule has 0 radical (unpaired) electrons. The van der Waals surface area contributed by atoms with Gasteiger partial charge in [-0.05, 0) is 41.8 Å². The monoisotopic (exact) mass is 439 g/mol. The van der Waals surface area contributed by atoms with Crippen LogP contribution in [0, 0.1) is 15.9 Å². The first kappa shape index (κ1) is 20.4. The number of amides is 3. The Labute approximate surface area is 179 Å². The number of hydrogen-bond acceptors (Lipinski definition) is 6. The van der Waals surface area contributed by atoms with Gasteiger partial charge in [0, 0.05) is 16.6 Å². The van der Waals surface area contributed by atoms with E-state index in [0.29, 0.717) is 10.6 Å². The van der Waals surface area contributed by atoms with Crippen molar-refractivity contribution in [1.82, 2.24) is 4.90 Å². The average Bonchev–Trinajstić information content (AvgIpc) is 3.35. The van der Waals surface area contributed by atoms with Crippen LogP contribution in [0.5, 0.6) is 0 Å². The third kappa shape index (κ3) is 3.80. The number of rotatable bonds is 6. The number of fused-ring (bicyclic) bond motifs is 1. The molecular weight excluding hydrogens is 425 g/mol. The van der Waals surface area contributed by atoms with E-state index in [0.717, 1.165) is 10.9 Å². The van der Waals surface area contributed by atoms with E-state index in [4.69, 9.17) is 0 Å². The highest BCUT2D eigenvalue weighted by Gasteiger charge is 2.42. The van der Waals surface area contributed by atoms with Crippen molar-refractivity contribution >= 4 is 40.4 Å². The third-order valence-electron chi connectivity index (χ3n) is 4.80. The van der Waals surface area contributed by atoms with Crippen LogP contribution in [-0.4, -0.2) is 34.1 Å². The molecule has 0 saturated heterocycles. The summed E-state index contributed by atoms with van der Waals surface area (Å²) >= 11 is 1.41. The molecule has 0 bridgehead atoms. The Balaban J connectivity index is 1.63. The van der Waals surface area contributed by atoms with Gasteiger partial charge in [0.2, 0.25) is 5.91 Å². The van der Waals surface area contributed by atoms with Gasteiger partial charge in [0.1, 0.15) is 17.9 Å². The number of thiophene rings is 1. The molecular formula is C21H14FN3O5S. The highest BCUT2D eigenvalue weighted by Crippen LogP contribution is 2.31. The molecule has 10 heteroatoms. The van der Waals surface area contributed by atoms with Gasteiger partial charge < -0.3 is 4.90 Å². The summed E-state index contributed by atoms with van der Waals surface area (Å²) in [5.74, 6) is -2.72. The quantitative estimate of drug-likeness (QED) is 0.332. The van der Waals surface area contributed by atoms with Gasteiger partial charge in [0.05, 0.1) is 17.0 Å². The number of halogens is 1. The van der Waals surface area contributed by atoms with Crippen LogP contribution in [-0.2, 0) is 11.3 Å². The molecule has 0 atom stereocenters. The summed E-state index contributed by atoms with van der Waals surface area (Å²) < 4.78 is 13.4. The number of nitrogens with zero attached hydrogens (tertiary/aromatic N) is 3. The minimum absolute atomic E-state index is 0.112. The van der Waals surface area contributed by atoms with Crippen molar-refractivity contribution in [2.75, 3.05) is 11.4 Å². The fourth-order valence-corrected chi connectivity index (χ4v) is 4.03. The maximum absolute atomic E-state index is 13.4. The first-order valence-corrected chi connectivity index (χ1v) is 9.96. The fourth-order valence-electron chi connectivity index (χ4n) is 3.33. The van der Waals surface area contributed by atoms with Crippen molar-refractivity contribution in [3.05, 3.63) is 91.9 Å². The molecule has 1 aliphatic heterocycles. The Hall–Kier alpha value is -3.92. The van der Waals surface area contributed by atoms with Crippen molar-refractivity contribution in [3.8, 4) is 0 Å². The SMILES string of the molecule is O=C1c2cccc([N+](=O)[O-])c2C(=O)N1CC(=O)N(Cc1cccs1)c1ccc(F)cc1. The Kier molecular flexibility index (Phi) is 5.30. The number of nitro benzene ring substituents is 1. The summed E-state index contributed by atoms with van der Waals surface area (Å²) in [6.07, 6.45) is 0. The van der Waals surface area contributed by atoms with Gasteiger partial charge in [-0.3, -0.25) is 29.4 Å². The van der Waals surface area contributed by atoms with E-state index in [1.165, 1.54) is 52.6 Å². The molecule has 4 rings (SSSR count). The molecule has 31 heavy (non-hydrogen) atoms. The number of imide groups is 1. The van der Waals surface area contributed by atoms with Gasteiger partial charge in [0.15, 0.2) is 0 Å². The van der Waals surface area contributed by atoms with Crippen molar-refractivity contribution in [2.24, 2.45) is 0 Å². The predicted octanol–water partition coefficient (Wildman–Crippen LogP) is 3.62. The van der Waals surface area contributed by atoms with Crippen molar-refractivity contribution in [2.45, 2.75) is 6.54 Å². The molecule has 2 aromatic carbocycles. The number of anilines is 1. The zero-order chi connectivity index (χ0) is 22.1. The topological polar surface area (TPSA) is 101 Å². The van der Waals surface area contributed by atoms with E-state index in [2.05, 4.69) is 0 Å². The maximum atomic E-state index is 13.4. The minimum Gasteiger partial charge on any atom is -0.306 e. The summed E-state index contributed by atoms with van der Waals surface area (Å²) in [6, 6.07) is 12.7. The number of carbonyl (C=O) groups excluding carboxylic acids is 3. The van der Waals surface area contributed by atoms with Gasteiger partial charge >= 0.3 is 0 Å². The van der Waals surface area contributed by atoms with Crippen molar-refractivity contribution < 1.29 is 23.7 Å². The smallest absolute Gasteiger partial charge is 0.282 e. The molecule has 0 spiro atoms. The Morgan fingerprint density at radius 3 is 2.45 bits per heavy atom. The van der Waals surface area contributed by atoms with Crippen LogP contribution in [0.1, 0.15) is 25.6 Å². The van der Waals surface area contributed by atoms with Crippen LogP contribution >= 0.6 is 11.3 Å². The van der Waals surface area contributed by atoms with Gasteiger partial charge in [-0.25, -0.2) is 4.39 Å². The lowest BCUT2D eigenvalue weighted by Crippen LogP contribution is -2.42. The standard InChI is InChI=1S/C21H14FN3O5S/c22-13-6-8-14(9-7-13)23(11-15-3-2-10-31-15)18(26)12-24-20(27)16-4-1-5-17(25(29)30)19(16)21(24)28/h1-10H,11-12H2. The zero-order valence-electron chi connectivity index (χ0n) is 15.9. The number of benzene rings is 2. The Bertz CT molecular complexity index is 1190. The van der Waals surface area contributed by atoms with Crippen LogP contribution in [0.3, 0.4) is 0 Å². The highest BCUT2D eigenvalue weighted by molar-refractivity contribution is 7.09. The lowest BCUT2D eigenvalue weighted by Gasteiger charge is -2.24. The summed E-state index contributed by atoms with van der Waals surface area (Å²) in [7, 11) is 0. The van der Waals surface area contributed by atoms with Gasteiger partial charge in [-0.1, -0.05) is 12.1 Å². The van der Waals surface area contributed by atoms with Gasteiger partial charge in [-0.2, -0.15) is 0 Å². The molecule has 1 aromatic heterocycles. The van der Waals surface area contributed by atoms with Crippen LogP contribution in [0.15, 0.2) is 60.0 Å². The van der Waals surface area contributed by atoms with Crippen LogP contribution in [0.2, 0.25) is 0 Å². The van der Waals surface area contributed by atoms with Crippen molar-refractivity contribution in [1.29, 1.82) is 0 Å². The first-order chi connectivity index (χ1) is 14.9. The molecule has 156 valence electrons. The lowest BCUT2D eigenvalue weighted by atomic mass is 10.1. The number of carbonyl (C=O) groups is 3. The molecule has 8 nitrogen and oxygen atoms in total. The molecule has 3 aromatic rings. The molecule has 0 saturated carbocycles. The lowest BCUT2D eigenvalue weighted by molar-refractivity contribution is -0.385. The summed E-state index contributed by atoms with van der Waals surface area (Å²) in [5, 5.41) is 13.1. The van der Waals surface area contributed by atoms with Crippen LogP contribution < -0.4 is 4.90 Å². The molecule has 0 fully saturated rings. The third-order valence-corrected chi connectivity index (χ3v) is 5.66. The molecule has 0 unspecified atom stereocenters. The molecule has 0 aliphatic carbocycles. The fraction of sp³-hybridized carbons (Fsp3) is 0.0952. The highest BCUT2D eigenvalue weighted by atomic mass is 32.1. The molecule has 3 amide bonds. The summed E-state index contributed by atoms with van der Waals surface area (Å²) in [6.45, 7) is -0.447. The number of hydrogen-bond donors (Lipinski definition) is 0. The molecule has 1 aliphatic rings. The molecule has 2 heterocycles. The summed E-state index contributed by atoms with van der Waals surface area (Å²) in [5.41, 5.74) is -0.530. The molecule has 0 N–H and O–H groups in total. The van der Waals surface area contributed by atoms with Gasteiger partial charge in [0.25, 0.3) is 17.5 Å². The van der Waals surface area contributed by atoms with E-state index in [9.17, 15) is 28.9 Å². The van der Waals surface area contributed by atoms with Crippen molar-refractivity contribution in [3.63, 3.8) is 0 Å². The largest absolute Gasteiger partial charge is 0.306 e. The maximum Gasteiger partial charge on any atom is 0.282 e. The Morgan fingerprint density at radius 1 is 1.06 bits per heavy atom. The van der Waals surface area contributed by atoms with E-state index in [-0.39, 0.29) is 17.7 Å². The second kappa shape index (κ2) is 8.07. The van der Waals surface area contributed by atoms with Crippen LogP contribution in [0.25, 0.3) is 0 Å². The summed E-state index contributed by atoms with van der Waals surface area (Å²) in [4.78, 5) is 52.0. The Morgan fingerprint density at radius 2 is 1.81 bits per heavy atom. The van der Waals surface area contributed by atoms with E-state index in [1.807, 2.05) is 17.5 Å². The zero-order valence-corrected chi connectivity index (χ0v) is 16.7. The normalized spacial score (nSPS) is 12.7. The number of nitro groups is 1. The second-order valence-electron chi connectivity index (χ2n) is 6.69. The van der Waals surface area contributed by atoms with Gasteiger partial charge in [-0.15, -0.1) is 11.3 Å².